The Morgan fingerprint density at radius 1 is 1.09 bits per heavy atom. The number of fused-ring (bicyclic) bond motifs is 1. The maximum absolute atomic E-state index is 13.3. The summed E-state index contributed by atoms with van der Waals surface area (Å²) in [6.45, 7) is 1.14. The van der Waals surface area contributed by atoms with Gasteiger partial charge in [0, 0.05) is 43.3 Å². The Bertz CT molecular complexity index is 1160. The maximum atomic E-state index is 13.3. The van der Waals surface area contributed by atoms with Crippen molar-refractivity contribution in [2.24, 2.45) is 5.41 Å². The summed E-state index contributed by atoms with van der Waals surface area (Å²) >= 11 is 0. The molecule has 0 saturated carbocycles. The number of benzene rings is 2. The molecule has 0 N–H and O–H groups in total. The Morgan fingerprint density at radius 3 is 2.59 bits per heavy atom. The summed E-state index contributed by atoms with van der Waals surface area (Å²) in [6, 6.07) is 16.0. The van der Waals surface area contributed by atoms with Crippen LogP contribution in [0.1, 0.15) is 35.2 Å². The molecule has 32 heavy (non-hydrogen) atoms. The predicted molar refractivity (Wildman–Crippen MR) is 121 cm³/mol. The third-order valence-electron chi connectivity index (χ3n) is 7.22. The molecule has 5 rings (SSSR count). The van der Waals surface area contributed by atoms with Crippen LogP contribution in [0.2, 0.25) is 0 Å². The smallest absolute Gasteiger partial charge is 0.254 e. The highest BCUT2D eigenvalue weighted by atomic mass is 19.1. The van der Waals surface area contributed by atoms with Gasteiger partial charge in [0.2, 0.25) is 5.91 Å². The number of likely N-dealkylation sites (tertiary alicyclic amines) is 2. The summed E-state index contributed by atoms with van der Waals surface area (Å²) in [6.07, 6.45) is 4.57. The first-order valence-electron chi connectivity index (χ1n) is 11.1. The number of hydrogen-bond acceptors (Lipinski definition) is 3. The lowest BCUT2D eigenvalue weighted by Crippen LogP contribution is -2.46. The Hall–Kier alpha value is -3.28. The molecule has 0 bridgehead atoms. The van der Waals surface area contributed by atoms with E-state index in [2.05, 4.69) is 4.98 Å². The topological polar surface area (TPSA) is 53.5 Å². The normalized spacial score (nSPS) is 20.3. The minimum atomic E-state index is -0.406. The summed E-state index contributed by atoms with van der Waals surface area (Å²) in [7, 11) is 1.87. The Balaban J connectivity index is 1.29. The minimum Gasteiger partial charge on any atom is -0.342 e. The van der Waals surface area contributed by atoms with Gasteiger partial charge < -0.3 is 9.80 Å². The molecule has 2 aliphatic rings. The van der Waals surface area contributed by atoms with Crippen molar-refractivity contribution in [2.75, 3.05) is 20.1 Å². The van der Waals surface area contributed by atoms with Gasteiger partial charge in [-0.15, -0.1) is 0 Å². The lowest BCUT2D eigenvalue weighted by molar-refractivity contribution is -0.137. The molecule has 1 atom stereocenters. The van der Waals surface area contributed by atoms with E-state index in [4.69, 9.17) is 0 Å². The Kier molecular flexibility index (Phi) is 5.16. The van der Waals surface area contributed by atoms with Crippen molar-refractivity contribution >= 4 is 22.7 Å². The van der Waals surface area contributed by atoms with E-state index >= 15 is 0 Å². The first-order chi connectivity index (χ1) is 15.5. The molecule has 0 aliphatic carbocycles. The molecule has 3 heterocycles. The van der Waals surface area contributed by atoms with Crippen LogP contribution in [0.4, 0.5) is 4.39 Å². The molecule has 5 nitrogen and oxygen atoms in total. The number of nitrogens with zero attached hydrogens (tertiary/aromatic N) is 3. The number of piperidine rings is 1. The van der Waals surface area contributed by atoms with E-state index in [0.29, 0.717) is 31.5 Å². The third kappa shape index (κ3) is 3.53. The van der Waals surface area contributed by atoms with Gasteiger partial charge in [0.25, 0.3) is 5.91 Å². The van der Waals surface area contributed by atoms with Gasteiger partial charge in [-0.1, -0.05) is 24.3 Å². The average molecular weight is 432 g/mol. The van der Waals surface area contributed by atoms with Crippen molar-refractivity contribution in [3.8, 4) is 0 Å². The third-order valence-corrected chi connectivity index (χ3v) is 7.22. The molecule has 2 saturated heterocycles. The molecule has 1 spiro atoms. The monoisotopic (exact) mass is 431 g/mol. The number of rotatable bonds is 3. The minimum absolute atomic E-state index is 0.000104. The van der Waals surface area contributed by atoms with Gasteiger partial charge in [0.1, 0.15) is 5.82 Å². The van der Waals surface area contributed by atoms with Crippen LogP contribution in [0.5, 0.6) is 0 Å². The van der Waals surface area contributed by atoms with Gasteiger partial charge in [-0.05, 0) is 61.6 Å². The fourth-order valence-corrected chi connectivity index (χ4v) is 5.33. The van der Waals surface area contributed by atoms with E-state index < -0.39 is 5.41 Å². The fourth-order valence-electron chi connectivity index (χ4n) is 5.33. The zero-order chi connectivity index (χ0) is 22.3. The van der Waals surface area contributed by atoms with E-state index in [9.17, 15) is 14.0 Å². The van der Waals surface area contributed by atoms with Crippen LogP contribution in [-0.2, 0) is 11.2 Å². The average Bonchev–Trinajstić information content (AvgIpc) is 3.04. The number of likely N-dealkylation sites (N-methyl/N-ethyl adjacent to an activating group) is 1. The van der Waals surface area contributed by atoms with E-state index in [0.717, 1.165) is 29.3 Å². The van der Waals surface area contributed by atoms with E-state index in [1.54, 1.807) is 18.3 Å². The SMILES string of the molecule is CN1C(=O)C2(CCN(C(=O)c3cccc4ncccc34)CC2)C[C@@H]1Cc1ccc(F)cc1. The molecule has 164 valence electrons. The van der Waals surface area contributed by atoms with Crippen LogP contribution in [0, 0.1) is 11.2 Å². The molecule has 0 radical (unpaired) electrons. The highest BCUT2D eigenvalue weighted by Crippen LogP contribution is 2.45. The summed E-state index contributed by atoms with van der Waals surface area (Å²) in [5.74, 6) is -0.0775. The second kappa shape index (κ2) is 8.01. The molecular weight excluding hydrogens is 405 g/mol. The zero-order valence-electron chi connectivity index (χ0n) is 18.1. The van der Waals surface area contributed by atoms with Crippen LogP contribution < -0.4 is 0 Å². The Labute approximate surface area is 186 Å². The predicted octanol–water partition coefficient (Wildman–Crippen LogP) is 4.07. The van der Waals surface area contributed by atoms with E-state index in [1.807, 2.05) is 47.2 Å². The first kappa shape index (κ1) is 20.6. The largest absolute Gasteiger partial charge is 0.342 e. The summed E-state index contributed by atoms with van der Waals surface area (Å²) in [5.41, 5.74) is 2.10. The van der Waals surface area contributed by atoms with Crippen LogP contribution in [0.25, 0.3) is 10.9 Å². The van der Waals surface area contributed by atoms with Gasteiger partial charge in [0.15, 0.2) is 0 Å². The summed E-state index contributed by atoms with van der Waals surface area (Å²) in [4.78, 5) is 34.6. The molecule has 3 aromatic rings. The van der Waals surface area contributed by atoms with Crippen molar-refractivity contribution < 1.29 is 14.0 Å². The lowest BCUT2D eigenvalue weighted by atomic mass is 9.75. The second-order valence-electron chi connectivity index (χ2n) is 9.05. The van der Waals surface area contributed by atoms with Crippen LogP contribution in [0.15, 0.2) is 60.8 Å². The number of halogens is 1. The summed E-state index contributed by atoms with van der Waals surface area (Å²) in [5, 5.41) is 0.858. The van der Waals surface area contributed by atoms with Gasteiger partial charge in [-0.2, -0.15) is 0 Å². The standard InChI is InChI=1S/C26H26FN3O2/c1-29-20(16-18-7-9-19(27)10-8-18)17-26(25(29)32)11-14-30(15-12-26)24(31)22-4-2-6-23-21(22)5-3-13-28-23/h2-10,13,20H,11-12,14-17H2,1H3/t20-/m0/s1. The molecular formula is C26H26FN3O2. The number of carbonyl (C=O) groups is 2. The first-order valence-corrected chi connectivity index (χ1v) is 11.1. The number of hydrogen-bond donors (Lipinski definition) is 0. The fraction of sp³-hybridized carbons (Fsp3) is 0.346. The van der Waals surface area contributed by atoms with Crippen LogP contribution in [-0.4, -0.2) is 52.8 Å². The van der Waals surface area contributed by atoms with Crippen molar-refractivity contribution in [3.63, 3.8) is 0 Å². The molecule has 0 unspecified atom stereocenters. The quantitative estimate of drug-likeness (QED) is 0.628. The lowest BCUT2D eigenvalue weighted by Gasteiger charge is -2.38. The van der Waals surface area contributed by atoms with Crippen LogP contribution in [0.3, 0.4) is 0 Å². The second-order valence-corrected chi connectivity index (χ2v) is 9.05. The van der Waals surface area contributed by atoms with Crippen molar-refractivity contribution in [1.29, 1.82) is 0 Å². The van der Waals surface area contributed by atoms with Crippen molar-refractivity contribution in [1.82, 2.24) is 14.8 Å². The van der Waals surface area contributed by atoms with Gasteiger partial charge in [-0.25, -0.2) is 4.39 Å². The maximum Gasteiger partial charge on any atom is 0.254 e. The zero-order valence-corrected chi connectivity index (χ0v) is 18.1. The van der Waals surface area contributed by atoms with Gasteiger partial charge in [0.05, 0.1) is 10.9 Å². The number of carbonyl (C=O) groups excluding carboxylic acids is 2. The highest BCUT2D eigenvalue weighted by Gasteiger charge is 2.51. The molecule has 6 heteroatoms. The number of amides is 2. The van der Waals surface area contributed by atoms with Crippen molar-refractivity contribution in [2.45, 2.75) is 31.7 Å². The number of aromatic nitrogens is 1. The van der Waals surface area contributed by atoms with Gasteiger partial charge >= 0.3 is 0 Å². The van der Waals surface area contributed by atoms with Crippen LogP contribution >= 0.6 is 0 Å². The summed E-state index contributed by atoms with van der Waals surface area (Å²) < 4.78 is 13.2. The molecule has 2 aliphatic heterocycles. The Morgan fingerprint density at radius 2 is 1.84 bits per heavy atom. The van der Waals surface area contributed by atoms with Crippen molar-refractivity contribution in [3.05, 3.63) is 77.7 Å². The molecule has 2 aromatic carbocycles. The number of pyridine rings is 1. The van der Waals surface area contributed by atoms with E-state index in [-0.39, 0.29) is 23.7 Å². The van der Waals surface area contributed by atoms with E-state index in [1.165, 1.54) is 12.1 Å². The molecule has 2 fully saturated rings. The molecule has 2 amide bonds. The molecule has 1 aromatic heterocycles. The van der Waals surface area contributed by atoms with Gasteiger partial charge in [-0.3, -0.25) is 14.6 Å². The highest BCUT2D eigenvalue weighted by molar-refractivity contribution is 6.06.